The third kappa shape index (κ3) is 6.84. The topological polar surface area (TPSA) is 134 Å². The monoisotopic (exact) mass is 442 g/mol. The van der Waals surface area contributed by atoms with Crippen LogP contribution in [0.25, 0.3) is 11.3 Å². The number of ether oxygens (including phenoxy) is 1. The summed E-state index contributed by atoms with van der Waals surface area (Å²) in [7, 11) is -1.69. The number of benzene rings is 1. The van der Waals surface area contributed by atoms with Gasteiger partial charge in [0.2, 0.25) is 0 Å². The maximum Gasteiger partial charge on any atom is 0.506 e. The van der Waals surface area contributed by atoms with E-state index in [1.807, 2.05) is 24.3 Å². The number of hydrogen-bond acceptors (Lipinski definition) is 6. The number of nitrogens with zero attached hydrogens (tertiary/aromatic N) is 2. The summed E-state index contributed by atoms with van der Waals surface area (Å²) >= 11 is 0. The van der Waals surface area contributed by atoms with E-state index >= 15 is 0 Å². The van der Waals surface area contributed by atoms with Gasteiger partial charge in [0.1, 0.15) is 5.60 Å². The highest BCUT2D eigenvalue weighted by molar-refractivity contribution is 6.58. The molecule has 32 heavy (non-hydrogen) atoms. The minimum absolute atomic E-state index is 0.0873. The summed E-state index contributed by atoms with van der Waals surface area (Å²) < 4.78 is 7.32. The van der Waals surface area contributed by atoms with Gasteiger partial charge >= 0.3 is 19.3 Å². The third-order valence-electron chi connectivity index (χ3n) is 4.24. The molecule has 1 aromatic carbocycles. The van der Waals surface area contributed by atoms with Crippen LogP contribution >= 0.6 is 0 Å². The fourth-order valence-corrected chi connectivity index (χ4v) is 2.84. The summed E-state index contributed by atoms with van der Waals surface area (Å²) in [4.78, 5) is 22.5. The molecule has 0 radical (unpaired) electrons. The Hall–Kier alpha value is -3.34. The van der Waals surface area contributed by atoms with Crippen LogP contribution in [0.2, 0.25) is 0 Å². The Morgan fingerprint density at radius 3 is 2.09 bits per heavy atom. The Bertz CT molecular complexity index is 1030. The van der Waals surface area contributed by atoms with E-state index in [9.17, 15) is 9.59 Å². The van der Waals surface area contributed by atoms with Crippen LogP contribution in [0.15, 0.2) is 60.9 Å². The van der Waals surface area contributed by atoms with Gasteiger partial charge in [-0.05, 0) is 62.6 Å². The van der Waals surface area contributed by atoms with E-state index in [0.717, 1.165) is 15.7 Å². The molecule has 0 aliphatic rings. The van der Waals surface area contributed by atoms with E-state index in [1.54, 1.807) is 39.0 Å². The van der Waals surface area contributed by atoms with Crippen LogP contribution in [-0.2, 0) is 11.2 Å². The molecule has 0 aliphatic heterocycles. The number of hydrogen-bond donors (Lipinski definition) is 4. The molecule has 0 unspecified atom stereocenters. The minimum atomic E-state index is -1.69. The van der Waals surface area contributed by atoms with Gasteiger partial charge in [-0.3, -0.25) is 9.13 Å². The highest BCUT2D eigenvalue weighted by Gasteiger charge is 2.23. The van der Waals surface area contributed by atoms with Crippen molar-refractivity contribution in [2.75, 3.05) is 6.61 Å². The molecule has 0 atom stereocenters. The molecule has 2 heterocycles. The number of aliphatic hydroxyl groups is 1. The van der Waals surface area contributed by atoms with E-state index in [-0.39, 0.29) is 12.2 Å². The Morgan fingerprint density at radius 2 is 1.56 bits per heavy atom. The van der Waals surface area contributed by atoms with Crippen molar-refractivity contribution in [1.82, 2.24) is 9.13 Å². The van der Waals surface area contributed by atoms with Gasteiger partial charge in [-0.2, -0.15) is 0 Å². The van der Waals surface area contributed by atoms with Gasteiger partial charge in [-0.25, -0.2) is 9.59 Å². The number of rotatable bonds is 4. The maximum atomic E-state index is 11.6. The van der Waals surface area contributed by atoms with Crippen molar-refractivity contribution < 1.29 is 34.6 Å². The molecule has 0 aliphatic carbocycles. The average Bonchev–Trinajstić information content (AvgIpc) is 3.38. The predicted octanol–water partition coefficient (Wildman–Crippen LogP) is 2.17. The summed E-state index contributed by atoms with van der Waals surface area (Å²) in [6.07, 6.45) is 1.92. The lowest BCUT2D eigenvalue weighted by molar-refractivity contribution is 0.0540. The largest absolute Gasteiger partial charge is 0.506 e. The summed E-state index contributed by atoms with van der Waals surface area (Å²) in [5, 5.41) is 35.7. The fraction of sp³-hybridized carbons (Fsp3) is 0.273. The number of carbonyl (C=O) groups is 2. The summed E-state index contributed by atoms with van der Waals surface area (Å²) in [5.41, 5.74) is 2.00. The van der Waals surface area contributed by atoms with Gasteiger partial charge < -0.3 is 25.0 Å². The average molecular weight is 442 g/mol. The first-order chi connectivity index (χ1) is 15.0. The zero-order valence-electron chi connectivity index (χ0n) is 18.2. The molecule has 3 aromatic rings. The zero-order chi connectivity index (χ0) is 23.9. The van der Waals surface area contributed by atoms with Crippen LogP contribution in [0.1, 0.15) is 26.3 Å². The molecule has 3 rings (SSSR count). The van der Waals surface area contributed by atoms with E-state index in [2.05, 4.69) is 0 Å². The van der Waals surface area contributed by atoms with Crippen LogP contribution in [0.5, 0.6) is 0 Å². The summed E-state index contributed by atoms with van der Waals surface area (Å²) in [6.45, 7) is 5.33. The third-order valence-corrected chi connectivity index (χ3v) is 4.24. The molecular formula is C22H27BN2O7. The molecule has 0 fully saturated rings. The first kappa shape index (κ1) is 24.9. The van der Waals surface area contributed by atoms with Gasteiger partial charge in [-0.15, -0.1) is 0 Å². The van der Waals surface area contributed by atoms with Gasteiger partial charge in [0, 0.05) is 19.0 Å². The first-order valence-electron chi connectivity index (χ1n) is 9.91. The molecular weight excluding hydrogens is 415 g/mol. The van der Waals surface area contributed by atoms with Gasteiger partial charge in [0.25, 0.3) is 0 Å². The number of aromatic nitrogens is 2. The normalized spacial score (nSPS) is 10.8. The summed E-state index contributed by atoms with van der Waals surface area (Å²) in [6, 6.07) is 13.9. The fourth-order valence-electron chi connectivity index (χ4n) is 2.84. The maximum absolute atomic E-state index is 11.6. The quantitative estimate of drug-likeness (QED) is 0.455. The number of carboxylic acid groups (broad SMARTS) is 1. The predicted molar refractivity (Wildman–Crippen MR) is 120 cm³/mol. The van der Waals surface area contributed by atoms with Crippen molar-refractivity contribution in [3.63, 3.8) is 0 Å². The van der Waals surface area contributed by atoms with Crippen molar-refractivity contribution in [3.05, 3.63) is 66.5 Å². The molecule has 0 spiro atoms. The molecule has 9 nitrogen and oxygen atoms in total. The van der Waals surface area contributed by atoms with E-state index < -0.39 is 24.9 Å². The highest BCUT2D eigenvalue weighted by atomic mass is 16.6. The smallest absolute Gasteiger partial charge is 0.464 e. The van der Waals surface area contributed by atoms with Crippen LogP contribution < -0.4 is 5.59 Å². The Morgan fingerprint density at radius 1 is 0.969 bits per heavy atom. The first-order valence-corrected chi connectivity index (χ1v) is 9.91. The molecule has 10 heteroatoms. The van der Waals surface area contributed by atoms with Crippen molar-refractivity contribution in [2.24, 2.45) is 0 Å². The molecule has 0 saturated carbocycles. The Labute approximate surface area is 186 Å². The lowest BCUT2D eigenvalue weighted by Crippen LogP contribution is -2.40. The second-order valence-corrected chi connectivity index (χ2v) is 7.87. The van der Waals surface area contributed by atoms with Crippen molar-refractivity contribution in [2.45, 2.75) is 32.8 Å². The van der Waals surface area contributed by atoms with Crippen molar-refractivity contribution >= 4 is 24.9 Å². The lowest BCUT2D eigenvalue weighted by atomic mass is 9.86. The molecule has 0 saturated heterocycles. The molecule has 2 aromatic heterocycles. The van der Waals surface area contributed by atoms with Gasteiger partial charge in [0.15, 0.2) is 0 Å². The number of carbonyl (C=O) groups excluding carboxylic acids is 1. The van der Waals surface area contributed by atoms with Crippen LogP contribution in [0, 0.1) is 0 Å². The van der Waals surface area contributed by atoms with Gasteiger partial charge in [0.05, 0.1) is 11.3 Å². The molecule has 0 amide bonds. The summed E-state index contributed by atoms with van der Waals surface area (Å²) in [5.74, 6) is 0. The van der Waals surface area contributed by atoms with E-state index in [4.69, 9.17) is 25.0 Å². The second-order valence-electron chi connectivity index (χ2n) is 7.87. The molecule has 0 bridgehead atoms. The van der Waals surface area contributed by atoms with Crippen LogP contribution in [0.3, 0.4) is 0 Å². The SMILES string of the molecule is CC(C)(C)OC(=O)n1cccc1B(O)O.O=C(O)n1cccc1-c1ccc(CCO)cc1. The lowest BCUT2D eigenvalue weighted by Gasteiger charge is -2.20. The van der Waals surface area contributed by atoms with E-state index in [1.165, 1.54) is 23.0 Å². The molecule has 4 N–H and O–H groups in total. The van der Waals surface area contributed by atoms with Crippen LogP contribution in [-0.4, -0.2) is 60.9 Å². The van der Waals surface area contributed by atoms with Gasteiger partial charge in [-0.1, -0.05) is 24.3 Å². The number of aliphatic hydroxyl groups excluding tert-OH is 1. The Balaban J connectivity index is 0.000000229. The standard InChI is InChI=1S/C13H13NO3.C9H14BNO4/c15-9-7-10-3-5-11(6-4-10)12-2-1-8-14(12)13(16)17;1-9(2,3)15-8(12)11-6-4-5-7(11)10(13)14/h1-6,8,15H,7,9H2,(H,16,17);4-6,13-14H,1-3H3. The second kappa shape index (κ2) is 10.8. The minimum Gasteiger partial charge on any atom is -0.464 e. The van der Waals surface area contributed by atoms with Crippen molar-refractivity contribution in [3.8, 4) is 11.3 Å². The Kier molecular flexibility index (Phi) is 8.42. The van der Waals surface area contributed by atoms with Crippen LogP contribution in [0.4, 0.5) is 9.59 Å². The van der Waals surface area contributed by atoms with E-state index in [0.29, 0.717) is 12.1 Å². The van der Waals surface area contributed by atoms with Crippen molar-refractivity contribution in [1.29, 1.82) is 0 Å². The molecule has 170 valence electrons. The highest BCUT2D eigenvalue weighted by Crippen LogP contribution is 2.20. The zero-order valence-corrected chi connectivity index (χ0v) is 18.2.